The molecule has 1 aliphatic rings. The molecule has 1 saturated heterocycles. The van der Waals surface area contributed by atoms with E-state index in [-0.39, 0.29) is 24.4 Å². The van der Waals surface area contributed by atoms with E-state index in [1.54, 1.807) is 0 Å². The Balaban J connectivity index is 0.00000218. The van der Waals surface area contributed by atoms with Crippen LogP contribution in [0.25, 0.3) is 21.3 Å². The third kappa shape index (κ3) is 3.96. The van der Waals surface area contributed by atoms with Gasteiger partial charge in [-0.15, -0.1) is 12.4 Å². The molecule has 7 nitrogen and oxygen atoms in total. The van der Waals surface area contributed by atoms with Gasteiger partial charge in [0.1, 0.15) is 0 Å². The number of carbonyl (C=O) groups excluding carboxylic acids is 1. The molecule has 0 bridgehead atoms. The Kier molecular flexibility index (Phi) is 5.84. The van der Waals surface area contributed by atoms with Gasteiger partial charge in [-0.3, -0.25) is 4.79 Å². The second-order valence-electron chi connectivity index (χ2n) is 7.12. The Morgan fingerprint density at radius 2 is 2.10 bits per heavy atom. The van der Waals surface area contributed by atoms with Gasteiger partial charge in [-0.2, -0.15) is 0 Å². The SMILES string of the molecule is Cl.Cn1c(Nc2nc3ccc(Cl)cc3s2)nc2cc(C(=O)N[C@H]3CCNC3)ccc21. The molecule has 0 unspecified atom stereocenters. The van der Waals surface area contributed by atoms with Crippen LogP contribution in [-0.4, -0.2) is 39.6 Å². The fourth-order valence-electron chi connectivity index (χ4n) is 3.55. The maximum atomic E-state index is 12.5. The second kappa shape index (κ2) is 8.39. The van der Waals surface area contributed by atoms with E-state index >= 15 is 0 Å². The average Bonchev–Trinajstić information content (AvgIpc) is 3.41. The highest BCUT2D eigenvalue weighted by molar-refractivity contribution is 7.22. The predicted molar refractivity (Wildman–Crippen MR) is 125 cm³/mol. The van der Waals surface area contributed by atoms with Crippen molar-refractivity contribution >= 4 is 73.6 Å². The second-order valence-corrected chi connectivity index (χ2v) is 8.58. The van der Waals surface area contributed by atoms with Gasteiger partial charge in [-0.1, -0.05) is 22.9 Å². The Morgan fingerprint density at radius 3 is 2.90 bits per heavy atom. The van der Waals surface area contributed by atoms with Gasteiger partial charge in [-0.05, 0) is 49.4 Å². The number of imidazole rings is 1. The van der Waals surface area contributed by atoms with Crippen molar-refractivity contribution in [2.24, 2.45) is 7.05 Å². The van der Waals surface area contributed by atoms with Crippen molar-refractivity contribution in [3.8, 4) is 0 Å². The molecule has 2 aromatic carbocycles. The molecule has 5 rings (SSSR count). The van der Waals surface area contributed by atoms with E-state index in [9.17, 15) is 4.79 Å². The molecule has 0 spiro atoms. The van der Waals surface area contributed by atoms with Crippen molar-refractivity contribution in [3.63, 3.8) is 0 Å². The molecule has 4 aromatic rings. The summed E-state index contributed by atoms with van der Waals surface area (Å²) in [5, 5.41) is 11.0. The van der Waals surface area contributed by atoms with Gasteiger partial charge in [0.15, 0.2) is 5.13 Å². The first kappa shape index (κ1) is 20.9. The highest BCUT2D eigenvalue weighted by atomic mass is 35.5. The Hall–Kier alpha value is -2.39. The Labute approximate surface area is 188 Å². The molecule has 1 atom stereocenters. The maximum Gasteiger partial charge on any atom is 0.251 e. The first-order valence-electron chi connectivity index (χ1n) is 9.38. The standard InChI is InChI=1S/C20H19ClN6OS.ClH/c1-27-16-5-2-11(18(28)23-13-6-7-22-10-13)8-15(16)24-19(27)26-20-25-14-4-3-12(21)9-17(14)29-20;/h2-5,8-9,13,22H,6-7,10H2,1H3,(H,23,28)(H,24,25,26);1H/t13-;/m0./s1. The minimum absolute atomic E-state index is 0. The molecule has 30 heavy (non-hydrogen) atoms. The van der Waals surface area contributed by atoms with Crippen molar-refractivity contribution in [1.82, 2.24) is 25.2 Å². The molecule has 1 aliphatic heterocycles. The molecule has 3 heterocycles. The number of halogens is 2. The van der Waals surface area contributed by atoms with Gasteiger partial charge < -0.3 is 20.5 Å². The van der Waals surface area contributed by atoms with Gasteiger partial charge in [0.05, 0.1) is 21.3 Å². The Morgan fingerprint density at radius 1 is 1.23 bits per heavy atom. The molecule has 1 amide bonds. The van der Waals surface area contributed by atoms with Crippen LogP contribution < -0.4 is 16.0 Å². The van der Waals surface area contributed by atoms with E-state index in [0.717, 1.165) is 45.9 Å². The number of nitrogens with zero attached hydrogens (tertiary/aromatic N) is 3. The third-order valence-corrected chi connectivity index (χ3v) is 6.28. The predicted octanol–water partition coefficient (Wildman–Crippen LogP) is 4.09. The number of carbonyl (C=O) groups is 1. The topological polar surface area (TPSA) is 83.9 Å². The van der Waals surface area contributed by atoms with Gasteiger partial charge in [0.2, 0.25) is 5.95 Å². The summed E-state index contributed by atoms with van der Waals surface area (Å²) in [4.78, 5) is 21.8. The number of anilines is 2. The summed E-state index contributed by atoms with van der Waals surface area (Å²) in [6, 6.07) is 11.4. The summed E-state index contributed by atoms with van der Waals surface area (Å²) in [6.07, 6.45) is 0.957. The number of aromatic nitrogens is 3. The quantitative estimate of drug-likeness (QED) is 0.425. The van der Waals surface area contributed by atoms with E-state index < -0.39 is 0 Å². The molecular formula is C20H20Cl2N6OS. The number of fused-ring (bicyclic) bond motifs is 2. The number of hydrogen-bond acceptors (Lipinski definition) is 6. The van der Waals surface area contributed by atoms with Crippen molar-refractivity contribution in [1.29, 1.82) is 0 Å². The van der Waals surface area contributed by atoms with Gasteiger partial charge in [0, 0.05) is 30.2 Å². The minimum atomic E-state index is -0.0659. The average molecular weight is 463 g/mol. The molecule has 10 heteroatoms. The lowest BCUT2D eigenvalue weighted by atomic mass is 10.1. The number of amides is 1. The number of benzene rings is 2. The summed E-state index contributed by atoms with van der Waals surface area (Å²) < 4.78 is 2.97. The number of nitrogens with one attached hydrogen (secondary N) is 3. The van der Waals surface area contributed by atoms with Gasteiger partial charge in [0.25, 0.3) is 5.91 Å². The van der Waals surface area contributed by atoms with Crippen LogP contribution in [0.15, 0.2) is 36.4 Å². The van der Waals surface area contributed by atoms with Gasteiger partial charge >= 0.3 is 0 Å². The van der Waals surface area contributed by atoms with Crippen LogP contribution in [0.4, 0.5) is 11.1 Å². The molecule has 2 aromatic heterocycles. The lowest BCUT2D eigenvalue weighted by Crippen LogP contribution is -2.36. The van der Waals surface area contributed by atoms with Crippen LogP contribution in [0.1, 0.15) is 16.8 Å². The summed E-state index contributed by atoms with van der Waals surface area (Å²) in [5.41, 5.74) is 3.21. The van der Waals surface area contributed by atoms with Crippen molar-refractivity contribution < 1.29 is 4.79 Å². The maximum absolute atomic E-state index is 12.5. The summed E-state index contributed by atoms with van der Waals surface area (Å²) >= 11 is 7.59. The Bertz CT molecular complexity index is 1230. The lowest BCUT2D eigenvalue weighted by molar-refractivity contribution is 0.0940. The molecule has 156 valence electrons. The largest absolute Gasteiger partial charge is 0.348 e. The summed E-state index contributed by atoms with van der Waals surface area (Å²) in [5.74, 6) is 0.603. The number of aryl methyl sites for hydroxylation is 1. The summed E-state index contributed by atoms with van der Waals surface area (Å²) in [6.45, 7) is 1.76. The van der Waals surface area contributed by atoms with Crippen LogP contribution in [-0.2, 0) is 7.05 Å². The van der Waals surface area contributed by atoms with Crippen molar-refractivity contribution in [2.45, 2.75) is 12.5 Å². The molecule has 0 saturated carbocycles. The number of hydrogen-bond donors (Lipinski definition) is 3. The van der Waals surface area contributed by atoms with Crippen LogP contribution in [0, 0.1) is 0 Å². The van der Waals surface area contributed by atoms with E-state index in [1.807, 2.05) is 48.0 Å². The van der Waals surface area contributed by atoms with Crippen LogP contribution in [0.2, 0.25) is 5.02 Å². The van der Waals surface area contributed by atoms with Crippen LogP contribution >= 0.6 is 35.3 Å². The van der Waals surface area contributed by atoms with E-state index in [2.05, 4.69) is 25.9 Å². The van der Waals surface area contributed by atoms with Crippen molar-refractivity contribution in [2.75, 3.05) is 18.4 Å². The van der Waals surface area contributed by atoms with E-state index in [1.165, 1.54) is 11.3 Å². The van der Waals surface area contributed by atoms with E-state index in [4.69, 9.17) is 11.6 Å². The molecule has 0 radical (unpaired) electrons. The molecule has 1 fully saturated rings. The fourth-order valence-corrected chi connectivity index (χ4v) is 4.68. The minimum Gasteiger partial charge on any atom is -0.348 e. The first-order chi connectivity index (χ1) is 14.1. The van der Waals surface area contributed by atoms with E-state index in [0.29, 0.717) is 16.5 Å². The zero-order chi connectivity index (χ0) is 20.0. The monoisotopic (exact) mass is 462 g/mol. The number of rotatable bonds is 4. The normalized spacial score (nSPS) is 16.0. The molecule has 0 aliphatic carbocycles. The highest BCUT2D eigenvalue weighted by Crippen LogP contribution is 2.31. The molecular weight excluding hydrogens is 443 g/mol. The smallest absolute Gasteiger partial charge is 0.251 e. The van der Waals surface area contributed by atoms with Gasteiger partial charge in [-0.25, -0.2) is 9.97 Å². The zero-order valence-corrected chi connectivity index (χ0v) is 18.5. The van der Waals surface area contributed by atoms with Crippen molar-refractivity contribution in [3.05, 3.63) is 47.0 Å². The zero-order valence-electron chi connectivity index (χ0n) is 16.1. The lowest BCUT2D eigenvalue weighted by Gasteiger charge is -2.11. The third-order valence-electron chi connectivity index (χ3n) is 5.11. The van der Waals surface area contributed by atoms with Crippen LogP contribution in [0.3, 0.4) is 0 Å². The summed E-state index contributed by atoms with van der Waals surface area (Å²) in [7, 11) is 1.94. The van der Waals surface area contributed by atoms with Crippen LogP contribution in [0.5, 0.6) is 0 Å². The first-order valence-corrected chi connectivity index (χ1v) is 10.6. The number of thiazole rings is 1. The molecule has 3 N–H and O–H groups in total. The fraction of sp³-hybridized carbons (Fsp3) is 0.250. The highest BCUT2D eigenvalue weighted by Gasteiger charge is 2.18.